The largest absolute Gasteiger partial charge is 0.485 e. The number of aromatic amines is 1. The van der Waals surface area contributed by atoms with Crippen molar-refractivity contribution in [2.75, 3.05) is 19.5 Å². The number of carbonyl (C=O) groups is 1. The smallest absolute Gasteiger partial charge is 0.208 e. The van der Waals surface area contributed by atoms with Crippen LogP contribution >= 0.6 is 11.8 Å². The summed E-state index contributed by atoms with van der Waals surface area (Å²) in [5, 5.41) is 7.60. The van der Waals surface area contributed by atoms with E-state index in [9.17, 15) is 4.79 Å². The number of ketones is 1. The van der Waals surface area contributed by atoms with E-state index in [1.165, 1.54) is 11.8 Å². The molecule has 0 amide bonds. The van der Waals surface area contributed by atoms with E-state index in [1.807, 2.05) is 51.1 Å². The van der Waals surface area contributed by atoms with Crippen LogP contribution in [-0.4, -0.2) is 45.0 Å². The molecule has 1 atom stereocenters. The van der Waals surface area contributed by atoms with Crippen LogP contribution < -0.4 is 4.74 Å². The molecule has 0 fully saturated rings. The minimum atomic E-state index is 0.0616. The first-order valence-corrected chi connectivity index (χ1v) is 10.8. The van der Waals surface area contributed by atoms with E-state index < -0.39 is 0 Å². The minimum absolute atomic E-state index is 0.0616. The lowest BCUT2D eigenvalue weighted by Crippen LogP contribution is -2.14. The fourth-order valence-corrected chi connectivity index (χ4v) is 4.23. The molecule has 30 heavy (non-hydrogen) atoms. The lowest BCUT2D eigenvalue weighted by molar-refractivity contribution is 0.102. The van der Waals surface area contributed by atoms with Crippen molar-refractivity contribution < 1.29 is 14.3 Å². The van der Waals surface area contributed by atoms with E-state index in [-0.39, 0.29) is 17.6 Å². The van der Waals surface area contributed by atoms with E-state index in [0.29, 0.717) is 24.2 Å². The van der Waals surface area contributed by atoms with Gasteiger partial charge < -0.3 is 14.0 Å². The topological polar surface area (TPSA) is 82.0 Å². The van der Waals surface area contributed by atoms with Gasteiger partial charge in [0.15, 0.2) is 11.6 Å². The quantitative estimate of drug-likeness (QED) is 0.383. The average Bonchev–Trinajstić information content (AvgIpc) is 3.29. The molecule has 0 aliphatic rings. The summed E-state index contributed by atoms with van der Waals surface area (Å²) in [6.45, 7) is 8.97. The van der Waals surface area contributed by atoms with Crippen LogP contribution in [0.15, 0.2) is 35.5 Å². The fourth-order valence-electron chi connectivity index (χ4n) is 3.53. The standard InChI is InChI=1S/C22H28N4O3S/c1-14-8-6-7-9-20(14)29-12-21-23-22(25-24-21)30-13-19(27)18-10-15(2)26(17(18)4)16(3)11-28-5/h6-10,16H,11-13H2,1-5H3,(H,23,24,25)/t16-/m1/s1. The van der Waals surface area contributed by atoms with Gasteiger partial charge >= 0.3 is 0 Å². The third kappa shape index (κ3) is 5.12. The van der Waals surface area contributed by atoms with E-state index in [0.717, 1.165) is 28.3 Å². The van der Waals surface area contributed by atoms with Gasteiger partial charge in [-0.2, -0.15) is 0 Å². The number of H-pyrrole nitrogens is 1. The average molecular weight is 429 g/mol. The van der Waals surface area contributed by atoms with Gasteiger partial charge in [0.2, 0.25) is 5.16 Å². The van der Waals surface area contributed by atoms with E-state index >= 15 is 0 Å². The zero-order valence-electron chi connectivity index (χ0n) is 18.1. The molecule has 160 valence electrons. The fraction of sp³-hybridized carbons (Fsp3) is 0.409. The molecule has 3 aromatic rings. The summed E-state index contributed by atoms with van der Waals surface area (Å²) in [6.07, 6.45) is 0. The number of carbonyl (C=O) groups excluding carboxylic acids is 1. The molecule has 0 unspecified atom stereocenters. The Kier molecular flexibility index (Phi) is 7.33. The molecule has 1 N–H and O–H groups in total. The van der Waals surface area contributed by atoms with Gasteiger partial charge in [0.05, 0.1) is 18.4 Å². The van der Waals surface area contributed by atoms with Gasteiger partial charge in [-0.25, -0.2) is 4.98 Å². The Hall–Kier alpha value is -2.58. The van der Waals surface area contributed by atoms with Crippen LogP contribution in [0.5, 0.6) is 5.75 Å². The van der Waals surface area contributed by atoms with Crippen LogP contribution in [0.25, 0.3) is 0 Å². The number of hydrogen-bond donors (Lipinski definition) is 1. The number of methoxy groups -OCH3 is 1. The Labute approximate surface area is 181 Å². The Morgan fingerprint density at radius 2 is 2.03 bits per heavy atom. The highest BCUT2D eigenvalue weighted by atomic mass is 32.2. The van der Waals surface area contributed by atoms with Crippen molar-refractivity contribution in [1.29, 1.82) is 0 Å². The molecule has 0 bridgehead atoms. The first-order valence-electron chi connectivity index (χ1n) is 9.83. The van der Waals surface area contributed by atoms with Gasteiger partial charge in [0.1, 0.15) is 12.4 Å². The number of hydrogen-bond acceptors (Lipinski definition) is 6. The molecule has 1 aromatic carbocycles. The lowest BCUT2D eigenvalue weighted by Gasteiger charge is -2.17. The Morgan fingerprint density at radius 3 is 2.77 bits per heavy atom. The number of rotatable bonds is 10. The lowest BCUT2D eigenvalue weighted by atomic mass is 10.2. The summed E-state index contributed by atoms with van der Waals surface area (Å²) in [6, 6.07) is 9.94. The van der Waals surface area contributed by atoms with Crippen LogP contribution in [0.2, 0.25) is 0 Å². The van der Waals surface area contributed by atoms with Crippen molar-refractivity contribution in [2.24, 2.45) is 0 Å². The number of Topliss-reactive ketones (excluding diaryl/α,β-unsaturated/α-hetero) is 1. The number of nitrogens with one attached hydrogen (secondary N) is 1. The molecule has 2 heterocycles. The summed E-state index contributed by atoms with van der Waals surface area (Å²) in [5.41, 5.74) is 3.82. The van der Waals surface area contributed by atoms with Crippen molar-refractivity contribution in [1.82, 2.24) is 19.7 Å². The van der Waals surface area contributed by atoms with E-state index in [1.54, 1.807) is 7.11 Å². The number of para-hydroxylation sites is 1. The number of ether oxygens (including phenoxy) is 2. The van der Waals surface area contributed by atoms with Crippen LogP contribution in [0.3, 0.4) is 0 Å². The van der Waals surface area contributed by atoms with E-state index in [2.05, 4.69) is 26.7 Å². The van der Waals surface area contributed by atoms with Gasteiger partial charge in [0.25, 0.3) is 0 Å². The third-order valence-electron chi connectivity index (χ3n) is 4.93. The molecule has 0 spiro atoms. The van der Waals surface area contributed by atoms with E-state index in [4.69, 9.17) is 9.47 Å². The van der Waals surface area contributed by atoms with Crippen molar-refractivity contribution in [3.8, 4) is 5.75 Å². The summed E-state index contributed by atoms with van der Waals surface area (Å²) < 4.78 is 13.2. The molecule has 0 aliphatic carbocycles. The normalized spacial score (nSPS) is 12.2. The second kappa shape index (κ2) is 9.95. The third-order valence-corrected chi connectivity index (χ3v) is 5.78. The SMILES string of the molecule is COC[C@@H](C)n1c(C)cc(C(=O)CSc2n[nH]c(COc3ccccc3C)n2)c1C. The number of thioether (sulfide) groups is 1. The highest BCUT2D eigenvalue weighted by molar-refractivity contribution is 7.99. The van der Waals surface area contributed by atoms with Crippen LogP contribution in [0.4, 0.5) is 0 Å². The highest BCUT2D eigenvalue weighted by Crippen LogP contribution is 2.23. The molecule has 7 nitrogen and oxygen atoms in total. The van der Waals surface area contributed by atoms with Gasteiger partial charge in [-0.3, -0.25) is 9.89 Å². The number of benzene rings is 1. The van der Waals surface area contributed by atoms with Crippen molar-refractivity contribution in [2.45, 2.75) is 45.5 Å². The minimum Gasteiger partial charge on any atom is -0.485 e. The van der Waals surface area contributed by atoms with Crippen LogP contribution in [0.1, 0.15) is 46.1 Å². The van der Waals surface area contributed by atoms with Crippen molar-refractivity contribution in [3.05, 3.63) is 58.7 Å². The van der Waals surface area contributed by atoms with Gasteiger partial charge in [0, 0.05) is 24.1 Å². The Morgan fingerprint density at radius 1 is 1.27 bits per heavy atom. The summed E-state index contributed by atoms with van der Waals surface area (Å²) in [4.78, 5) is 17.2. The molecule has 8 heteroatoms. The second-order valence-corrected chi connectivity index (χ2v) is 8.23. The first-order chi connectivity index (χ1) is 14.4. The van der Waals surface area contributed by atoms with Crippen molar-refractivity contribution in [3.63, 3.8) is 0 Å². The molecule has 0 aliphatic heterocycles. The zero-order valence-corrected chi connectivity index (χ0v) is 18.9. The molecule has 0 saturated carbocycles. The Balaban J connectivity index is 1.58. The molecule has 2 aromatic heterocycles. The molecule has 0 radical (unpaired) electrons. The number of aryl methyl sites for hydroxylation is 2. The summed E-state index contributed by atoms with van der Waals surface area (Å²) >= 11 is 1.32. The summed E-state index contributed by atoms with van der Waals surface area (Å²) in [5.74, 6) is 1.78. The number of aromatic nitrogens is 4. The summed E-state index contributed by atoms with van der Waals surface area (Å²) in [7, 11) is 1.69. The molecular formula is C22H28N4O3S. The van der Waals surface area contributed by atoms with Gasteiger partial charge in [-0.05, 0) is 45.4 Å². The van der Waals surface area contributed by atoms with Gasteiger partial charge in [-0.1, -0.05) is 30.0 Å². The van der Waals surface area contributed by atoms with Gasteiger partial charge in [-0.15, -0.1) is 5.10 Å². The van der Waals surface area contributed by atoms with Crippen LogP contribution in [0, 0.1) is 20.8 Å². The molecular weight excluding hydrogens is 400 g/mol. The zero-order chi connectivity index (χ0) is 21.7. The predicted molar refractivity (Wildman–Crippen MR) is 117 cm³/mol. The predicted octanol–water partition coefficient (Wildman–Crippen LogP) is 4.29. The molecule has 3 rings (SSSR count). The second-order valence-electron chi connectivity index (χ2n) is 7.29. The monoisotopic (exact) mass is 428 g/mol. The Bertz CT molecular complexity index is 1010. The maximum atomic E-state index is 12.8. The van der Waals surface area contributed by atoms with Crippen LogP contribution in [-0.2, 0) is 11.3 Å². The maximum Gasteiger partial charge on any atom is 0.208 e. The maximum absolute atomic E-state index is 12.8. The molecule has 0 saturated heterocycles. The first kappa shape index (κ1) is 22.1. The highest BCUT2D eigenvalue weighted by Gasteiger charge is 2.19. The number of nitrogens with zero attached hydrogens (tertiary/aromatic N) is 3. The van der Waals surface area contributed by atoms with Crippen molar-refractivity contribution >= 4 is 17.5 Å².